The van der Waals surface area contributed by atoms with Gasteiger partial charge in [0.25, 0.3) is 11.6 Å². The number of amides is 2. The van der Waals surface area contributed by atoms with Gasteiger partial charge in [0.1, 0.15) is 6.67 Å². The zero-order valence-electron chi connectivity index (χ0n) is 14.1. The second-order valence-corrected chi connectivity index (χ2v) is 6.04. The molecule has 2 aromatic rings. The Morgan fingerprint density at radius 3 is 2.41 bits per heavy atom. The Hall–Kier alpha value is -3.36. The fourth-order valence-electron chi connectivity index (χ4n) is 2.83. The number of nitro groups is 1. The molecule has 2 aromatic carbocycles. The number of hydrogen-bond donors (Lipinski definition) is 0. The topological polar surface area (TPSA) is 83.8 Å². The molecule has 2 amide bonds. The molecule has 1 fully saturated rings. The second kappa shape index (κ2) is 7.48. The molecule has 1 aliphatic heterocycles. The molecule has 0 aromatic heterocycles. The summed E-state index contributed by atoms with van der Waals surface area (Å²) in [5, 5.41) is 10.8. The van der Waals surface area contributed by atoms with Crippen molar-refractivity contribution in [1.82, 2.24) is 4.90 Å². The first-order chi connectivity index (χ1) is 12.9. The lowest BCUT2D eigenvalue weighted by Crippen LogP contribution is -2.42. The summed E-state index contributed by atoms with van der Waals surface area (Å²) < 4.78 is 26.7. The van der Waals surface area contributed by atoms with Crippen LogP contribution in [-0.2, 0) is 4.79 Å². The van der Waals surface area contributed by atoms with Gasteiger partial charge in [-0.25, -0.2) is 8.78 Å². The van der Waals surface area contributed by atoms with E-state index in [-0.39, 0.29) is 23.8 Å². The van der Waals surface area contributed by atoms with Crippen molar-refractivity contribution in [1.29, 1.82) is 0 Å². The fourth-order valence-corrected chi connectivity index (χ4v) is 2.83. The third kappa shape index (κ3) is 3.91. The summed E-state index contributed by atoms with van der Waals surface area (Å²) in [5.41, 5.74) is 0.0464. The molecule has 0 spiro atoms. The van der Waals surface area contributed by atoms with Crippen LogP contribution in [0.1, 0.15) is 23.2 Å². The van der Waals surface area contributed by atoms with Crippen LogP contribution in [0.25, 0.3) is 0 Å². The van der Waals surface area contributed by atoms with Gasteiger partial charge in [0, 0.05) is 36.3 Å². The molecular weight excluding hydrogens is 360 g/mol. The summed E-state index contributed by atoms with van der Waals surface area (Å²) in [6.45, 7) is 0.377. The van der Waals surface area contributed by atoms with E-state index in [9.17, 15) is 28.5 Å². The lowest BCUT2D eigenvalue weighted by atomic mass is 10.1. The minimum Gasteiger partial charge on any atom is -0.324 e. The summed E-state index contributed by atoms with van der Waals surface area (Å²) in [6, 6.07) is 7.97. The van der Waals surface area contributed by atoms with E-state index in [1.165, 1.54) is 34.1 Å². The molecule has 27 heavy (non-hydrogen) atoms. The lowest BCUT2D eigenvalue weighted by molar-refractivity contribution is -0.384. The van der Waals surface area contributed by atoms with Crippen LogP contribution in [0.3, 0.4) is 0 Å². The van der Waals surface area contributed by atoms with E-state index < -0.39 is 22.5 Å². The molecule has 0 atom stereocenters. The van der Waals surface area contributed by atoms with Gasteiger partial charge in [-0.1, -0.05) is 0 Å². The Bertz CT molecular complexity index is 902. The van der Waals surface area contributed by atoms with E-state index in [0.29, 0.717) is 25.1 Å². The minimum atomic E-state index is -1.17. The molecular formula is C18H15F2N3O4. The first kappa shape index (κ1) is 18.4. The zero-order valence-corrected chi connectivity index (χ0v) is 14.1. The number of likely N-dealkylation sites (tertiary alicyclic amines) is 1. The minimum absolute atomic E-state index is 0.0888. The first-order valence-electron chi connectivity index (χ1n) is 8.16. The van der Waals surface area contributed by atoms with E-state index in [4.69, 9.17) is 0 Å². The van der Waals surface area contributed by atoms with Crippen molar-refractivity contribution >= 4 is 23.2 Å². The molecule has 0 radical (unpaired) electrons. The van der Waals surface area contributed by atoms with Gasteiger partial charge in [0.05, 0.1) is 4.92 Å². The highest BCUT2D eigenvalue weighted by Gasteiger charge is 2.27. The molecule has 0 unspecified atom stereocenters. The normalized spacial score (nSPS) is 13.7. The Morgan fingerprint density at radius 2 is 1.85 bits per heavy atom. The van der Waals surface area contributed by atoms with Crippen LogP contribution in [0.4, 0.5) is 20.2 Å². The van der Waals surface area contributed by atoms with Crippen LogP contribution in [0, 0.1) is 21.7 Å². The Balaban J connectivity index is 1.95. The molecule has 1 aliphatic rings. The SMILES string of the molecule is O=C1CCCN1CN(C(=O)c1ccc(F)c(F)c1)c1ccc([N+](=O)[O-])cc1. The molecule has 1 saturated heterocycles. The fraction of sp³-hybridized carbons (Fsp3) is 0.222. The van der Waals surface area contributed by atoms with Gasteiger partial charge < -0.3 is 4.90 Å². The van der Waals surface area contributed by atoms with Crippen LogP contribution >= 0.6 is 0 Å². The maximum atomic E-state index is 13.5. The molecule has 7 nitrogen and oxygen atoms in total. The zero-order chi connectivity index (χ0) is 19.6. The molecule has 0 aliphatic carbocycles. The predicted molar refractivity (Wildman–Crippen MR) is 92.1 cm³/mol. The molecule has 3 rings (SSSR count). The molecule has 9 heteroatoms. The van der Waals surface area contributed by atoms with Crippen LogP contribution < -0.4 is 4.90 Å². The van der Waals surface area contributed by atoms with Gasteiger partial charge in [-0.15, -0.1) is 0 Å². The van der Waals surface area contributed by atoms with Gasteiger partial charge in [-0.05, 0) is 36.8 Å². The molecule has 140 valence electrons. The van der Waals surface area contributed by atoms with E-state index in [1.54, 1.807) is 0 Å². The highest BCUT2D eigenvalue weighted by molar-refractivity contribution is 6.06. The summed E-state index contributed by atoms with van der Waals surface area (Å²) in [4.78, 5) is 37.7. The van der Waals surface area contributed by atoms with E-state index >= 15 is 0 Å². The average molecular weight is 375 g/mol. The molecule has 0 N–H and O–H groups in total. The number of carbonyl (C=O) groups excluding carboxylic acids is 2. The number of halogens is 2. The number of carbonyl (C=O) groups is 2. The number of anilines is 1. The van der Waals surface area contributed by atoms with Crippen LogP contribution in [0.5, 0.6) is 0 Å². The van der Waals surface area contributed by atoms with E-state index in [0.717, 1.165) is 18.2 Å². The first-order valence-corrected chi connectivity index (χ1v) is 8.16. The number of non-ortho nitro benzene ring substituents is 1. The quantitative estimate of drug-likeness (QED) is 0.594. The van der Waals surface area contributed by atoms with Crippen molar-refractivity contribution in [3.63, 3.8) is 0 Å². The summed E-state index contributed by atoms with van der Waals surface area (Å²) in [7, 11) is 0. The van der Waals surface area contributed by atoms with Gasteiger partial charge in [-0.2, -0.15) is 0 Å². The number of nitro benzene ring substituents is 1. The highest BCUT2D eigenvalue weighted by atomic mass is 19.2. The molecule has 0 bridgehead atoms. The van der Waals surface area contributed by atoms with Crippen molar-refractivity contribution in [2.75, 3.05) is 18.1 Å². The monoisotopic (exact) mass is 375 g/mol. The van der Waals surface area contributed by atoms with Gasteiger partial charge >= 0.3 is 0 Å². The number of nitrogens with zero attached hydrogens (tertiary/aromatic N) is 3. The number of benzene rings is 2. The van der Waals surface area contributed by atoms with Crippen LogP contribution in [-0.4, -0.2) is 34.9 Å². The third-order valence-electron chi connectivity index (χ3n) is 4.27. The molecule has 1 heterocycles. The Morgan fingerprint density at radius 1 is 1.15 bits per heavy atom. The standard InChI is InChI=1S/C18H15F2N3O4/c19-15-8-3-12(10-16(15)20)18(25)22(11-21-9-1-2-17(21)24)13-4-6-14(7-5-13)23(26)27/h3-8,10H,1-2,9,11H2. The van der Waals surface area contributed by atoms with Crippen LogP contribution in [0.15, 0.2) is 42.5 Å². The Labute approximate surface area is 152 Å². The summed E-state index contributed by atoms with van der Waals surface area (Å²) in [5.74, 6) is -3.02. The Kier molecular flexibility index (Phi) is 5.11. The summed E-state index contributed by atoms with van der Waals surface area (Å²) >= 11 is 0. The smallest absolute Gasteiger partial charge is 0.269 e. The third-order valence-corrected chi connectivity index (χ3v) is 4.27. The molecule has 0 saturated carbocycles. The average Bonchev–Trinajstić information content (AvgIpc) is 3.06. The van der Waals surface area contributed by atoms with E-state index in [1.807, 2.05) is 0 Å². The number of hydrogen-bond acceptors (Lipinski definition) is 4. The van der Waals surface area contributed by atoms with Crippen molar-refractivity contribution in [3.05, 3.63) is 69.8 Å². The van der Waals surface area contributed by atoms with Crippen molar-refractivity contribution in [2.24, 2.45) is 0 Å². The second-order valence-electron chi connectivity index (χ2n) is 6.04. The predicted octanol–water partition coefficient (Wildman–Crippen LogP) is 3.10. The van der Waals surface area contributed by atoms with Gasteiger partial charge in [0.2, 0.25) is 5.91 Å². The summed E-state index contributed by atoms with van der Waals surface area (Å²) in [6.07, 6.45) is 1.03. The van der Waals surface area contributed by atoms with E-state index in [2.05, 4.69) is 0 Å². The van der Waals surface area contributed by atoms with Crippen molar-refractivity contribution < 1.29 is 23.3 Å². The largest absolute Gasteiger partial charge is 0.324 e. The van der Waals surface area contributed by atoms with Crippen molar-refractivity contribution in [3.8, 4) is 0 Å². The lowest BCUT2D eigenvalue weighted by Gasteiger charge is -2.28. The van der Waals surface area contributed by atoms with Gasteiger partial charge in [-0.3, -0.25) is 24.6 Å². The van der Waals surface area contributed by atoms with Crippen molar-refractivity contribution in [2.45, 2.75) is 12.8 Å². The number of rotatable bonds is 5. The van der Waals surface area contributed by atoms with Gasteiger partial charge in [0.15, 0.2) is 11.6 Å². The maximum absolute atomic E-state index is 13.5. The van der Waals surface area contributed by atoms with Crippen LogP contribution in [0.2, 0.25) is 0 Å². The highest BCUT2D eigenvalue weighted by Crippen LogP contribution is 2.23. The maximum Gasteiger partial charge on any atom is 0.269 e.